The van der Waals surface area contributed by atoms with Gasteiger partial charge in [0.1, 0.15) is 0 Å². The van der Waals surface area contributed by atoms with Crippen molar-refractivity contribution in [2.75, 3.05) is 4.90 Å². The van der Waals surface area contributed by atoms with E-state index >= 15 is 0 Å². The van der Waals surface area contributed by atoms with Gasteiger partial charge in [-0.1, -0.05) is 67.6 Å². The molecule has 1 heterocycles. The van der Waals surface area contributed by atoms with Crippen LogP contribution in [-0.2, 0) is 4.79 Å². The van der Waals surface area contributed by atoms with Crippen molar-refractivity contribution >= 4 is 17.7 Å². The molecule has 0 spiro atoms. The van der Waals surface area contributed by atoms with Gasteiger partial charge in [0.15, 0.2) is 0 Å². The summed E-state index contributed by atoms with van der Waals surface area (Å²) >= 11 is 0. The first kappa shape index (κ1) is 13.6. The number of benzene rings is 2. The van der Waals surface area contributed by atoms with Gasteiger partial charge in [0, 0.05) is 5.69 Å². The SMILES string of the molecule is CC[C@@H]1C(=O)N(c2ccccc2)[C@H]1/C=C/c1ccccc1. The zero-order valence-electron chi connectivity index (χ0n) is 12.1. The van der Waals surface area contributed by atoms with Crippen LogP contribution in [0.25, 0.3) is 6.08 Å². The molecular weight excluding hydrogens is 258 g/mol. The predicted molar refractivity (Wildman–Crippen MR) is 87.0 cm³/mol. The number of hydrogen-bond acceptors (Lipinski definition) is 1. The van der Waals surface area contributed by atoms with Crippen LogP contribution in [0.1, 0.15) is 18.9 Å². The van der Waals surface area contributed by atoms with E-state index < -0.39 is 0 Å². The van der Waals surface area contributed by atoms with Crippen LogP contribution in [0.3, 0.4) is 0 Å². The monoisotopic (exact) mass is 277 g/mol. The van der Waals surface area contributed by atoms with Crippen LogP contribution >= 0.6 is 0 Å². The molecule has 1 amide bonds. The summed E-state index contributed by atoms with van der Waals surface area (Å²) in [6.45, 7) is 2.08. The number of carbonyl (C=O) groups is 1. The van der Waals surface area contributed by atoms with Crippen molar-refractivity contribution in [3.05, 3.63) is 72.3 Å². The second-order valence-corrected chi connectivity index (χ2v) is 5.32. The molecule has 0 aliphatic carbocycles. The number of carbonyl (C=O) groups excluding carboxylic acids is 1. The standard InChI is InChI=1S/C19H19NO/c1-2-17-18(14-13-15-9-5-3-6-10-15)20(19(17)21)16-11-7-4-8-12-16/h3-14,17-18H,2H2,1H3/b14-13+/t17-,18-/m0/s1. The van der Waals surface area contributed by atoms with Gasteiger partial charge >= 0.3 is 0 Å². The summed E-state index contributed by atoms with van der Waals surface area (Å²) in [5, 5.41) is 0. The second kappa shape index (κ2) is 5.96. The summed E-state index contributed by atoms with van der Waals surface area (Å²) in [4.78, 5) is 14.2. The van der Waals surface area contributed by atoms with E-state index in [1.165, 1.54) is 5.56 Å². The molecule has 0 radical (unpaired) electrons. The fraction of sp³-hybridized carbons (Fsp3) is 0.211. The van der Waals surface area contributed by atoms with Gasteiger partial charge in [-0.05, 0) is 24.1 Å². The van der Waals surface area contributed by atoms with Gasteiger partial charge in [0.25, 0.3) is 0 Å². The average Bonchev–Trinajstić information content (AvgIpc) is 2.53. The fourth-order valence-corrected chi connectivity index (χ4v) is 2.87. The highest BCUT2D eigenvalue weighted by Gasteiger charge is 2.45. The minimum Gasteiger partial charge on any atom is -0.304 e. The second-order valence-electron chi connectivity index (χ2n) is 5.32. The molecule has 1 saturated heterocycles. The van der Waals surface area contributed by atoms with Crippen molar-refractivity contribution in [3.63, 3.8) is 0 Å². The summed E-state index contributed by atoms with van der Waals surface area (Å²) in [7, 11) is 0. The lowest BCUT2D eigenvalue weighted by molar-refractivity contribution is -0.129. The summed E-state index contributed by atoms with van der Waals surface area (Å²) in [6, 6.07) is 20.3. The molecule has 1 fully saturated rings. The van der Waals surface area contributed by atoms with Crippen LogP contribution in [0, 0.1) is 5.92 Å². The molecule has 2 nitrogen and oxygen atoms in total. The Bertz CT molecular complexity index is 633. The highest BCUT2D eigenvalue weighted by atomic mass is 16.2. The van der Waals surface area contributed by atoms with E-state index in [9.17, 15) is 4.79 Å². The smallest absolute Gasteiger partial charge is 0.233 e. The Labute approximate surface area is 125 Å². The summed E-state index contributed by atoms with van der Waals surface area (Å²) in [5.41, 5.74) is 2.15. The Morgan fingerprint density at radius 3 is 2.24 bits per heavy atom. The lowest BCUT2D eigenvalue weighted by Gasteiger charge is -2.45. The molecule has 2 atom stereocenters. The summed E-state index contributed by atoms with van der Waals surface area (Å²) in [5.74, 6) is 0.330. The number of anilines is 1. The van der Waals surface area contributed by atoms with Gasteiger partial charge in [-0.25, -0.2) is 0 Å². The predicted octanol–water partition coefficient (Wildman–Crippen LogP) is 4.14. The van der Waals surface area contributed by atoms with Crippen LogP contribution in [0.2, 0.25) is 0 Å². The molecule has 0 aromatic heterocycles. The zero-order valence-corrected chi connectivity index (χ0v) is 12.1. The molecule has 0 unspecified atom stereocenters. The van der Waals surface area contributed by atoms with E-state index in [0.29, 0.717) is 0 Å². The third kappa shape index (κ3) is 2.62. The summed E-state index contributed by atoms with van der Waals surface area (Å²) in [6.07, 6.45) is 5.14. The minimum atomic E-state index is 0.102. The Hall–Kier alpha value is -2.35. The molecule has 2 heteroatoms. The zero-order chi connectivity index (χ0) is 14.7. The maximum absolute atomic E-state index is 12.3. The third-order valence-corrected chi connectivity index (χ3v) is 4.02. The Balaban J connectivity index is 1.84. The fourth-order valence-electron chi connectivity index (χ4n) is 2.87. The number of amides is 1. The quantitative estimate of drug-likeness (QED) is 0.769. The third-order valence-electron chi connectivity index (χ3n) is 4.02. The number of β-lactam (4-membered cyclic amide) rings is 1. The molecule has 2 aromatic rings. The van der Waals surface area contributed by atoms with Gasteiger partial charge in [-0.3, -0.25) is 4.79 Å². The first-order valence-corrected chi connectivity index (χ1v) is 7.42. The molecule has 0 N–H and O–H groups in total. The van der Waals surface area contributed by atoms with E-state index in [0.717, 1.165) is 12.1 Å². The number of para-hydroxylation sites is 1. The molecule has 21 heavy (non-hydrogen) atoms. The van der Waals surface area contributed by atoms with Crippen molar-refractivity contribution in [1.29, 1.82) is 0 Å². The van der Waals surface area contributed by atoms with Gasteiger partial charge in [0.2, 0.25) is 5.91 Å². The highest BCUT2D eigenvalue weighted by Crippen LogP contribution is 2.35. The van der Waals surface area contributed by atoms with Crippen molar-refractivity contribution < 1.29 is 4.79 Å². The van der Waals surface area contributed by atoms with Crippen LogP contribution in [-0.4, -0.2) is 11.9 Å². The van der Waals surface area contributed by atoms with Gasteiger partial charge in [0.05, 0.1) is 12.0 Å². The van der Waals surface area contributed by atoms with Crippen LogP contribution in [0.5, 0.6) is 0 Å². The first-order chi connectivity index (χ1) is 10.3. The van der Waals surface area contributed by atoms with Crippen molar-refractivity contribution in [2.24, 2.45) is 5.92 Å². The van der Waals surface area contributed by atoms with E-state index in [1.54, 1.807) is 0 Å². The maximum Gasteiger partial charge on any atom is 0.233 e. The van der Waals surface area contributed by atoms with Crippen LogP contribution in [0.4, 0.5) is 5.69 Å². The highest BCUT2D eigenvalue weighted by molar-refractivity contribution is 6.03. The summed E-state index contributed by atoms with van der Waals surface area (Å²) < 4.78 is 0. The maximum atomic E-state index is 12.3. The Kier molecular flexibility index (Phi) is 3.87. The number of rotatable bonds is 4. The Morgan fingerprint density at radius 2 is 1.62 bits per heavy atom. The Morgan fingerprint density at radius 1 is 1.00 bits per heavy atom. The van der Waals surface area contributed by atoms with Crippen LogP contribution in [0.15, 0.2) is 66.7 Å². The van der Waals surface area contributed by atoms with Crippen LogP contribution < -0.4 is 4.90 Å². The topological polar surface area (TPSA) is 20.3 Å². The molecule has 2 aromatic carbocycles. The first-order valence-electron chi connectivity index (χ1n) is 7.42. The van der Waals surface area contributed by atoms with Crippen molar-refractivity contribution in [2.45, 2.75) is 19.4 Å². The molecule has 106 valence electrons. The normalized spacial score (nSPS) is 21.6. The lowest BCUT2D eigenvalue weighted by atomic mass is 9.84. The number of nitrogens with zero attached hydrogens (tertiary/aromatic N) is 1. The van der Waals surface area contributed by atoms with Crippen molar-refractivity contribution in [3.8, 4) is 0 Å². The minimum absolute atomic E-state index is 0.102. The van der Waals surface area contributed by atoms with E-state index in [4.69, 9.17) is 0 Å². The molecule has 3 rings (SSSR count). The van der Waals surface area contributed by atoms with E-state index in [2.05, 4.69) is 31.2 Å². The van der Waals surface area contributed by atoms with E-state index in [-0.39, 0.29) is 17.9 Å². The largest absolute Gasteiger partial charge is 0.304 e. The lowest BCUT2D eigenvalue weighted by Crippen LogP contribution is -2.60. The molecule has 1 aliphatic rings. The van der Waals surface area contributed by atoms with Gasteiger partial charge < -0.3 is 4.90 Å². The molecule has 0 saturated carbocycles. The van der Waals surface area contributed by atoms with Gasteiger partial charge in [-0.15, -0.1) is 0 Å². The molecular formula is C19H19NO. The average molecular weight is 277 g/mol. The van der Waals surface area contributed by atoms with E-state index in [1.807, 2.05) is 53.4 Å². The van der Waals surface area contributed by atoms with Crippen molar-refractivity contribution in [1.82, 2.24) is 0 Å². The number of hydrogen-bond donors (Lipinski definition) is 0. The molecule has 0 bridgehead atoms. The molecule has 1 aliphatic heterocycles. The van der Waals surface area contributed by atoms with Gasteiger partial charge in [-0.2, -0.15) is 0 Å².